The highest BCUT2D eigenvalue weighted by atomic mass is 32.2. The predicted molar refractivity (Wildman–Crippen MR) is 81.6 cm³/mol. The first-order chi connectivity index (χ1) is 11.4. The van der Waals surface area contributed by atoms with Gasteiger partial charge in [-0.3, -0.25) is 0 Å². The minimum atomic E-state index is -5.71. The number of rotatable bonds is 9. The molecule has 25 heavy (non-hydrogen) atoms. The third-order valence-electron chi connectivity index (χ3n) is 3.71. The van der Waals surface area contributed by atoms with Crippen LogP contribution in [0.1, 0.15) is 24.8 Å². The van der Waals surface area contributed by atoms with Crippen molar-refractivity contribution in [3.63, 3.8) is 0 Å². The third kappa shape index (κ3) is 6.50. The van der Waals surface area contributed by atoms with Gasteiger partial charge in [-0.15, -0.1) is 0 Å². The summed E-state index contributed by atoms with van der Waals surface area (Å²) in [5.41, 5.74) is 5.87. The predicted octanol–water partition coefficient (Wildman–Crippen LogP) is 3.48. The molecule has 2 N–H and O–H groups in total. The Morgan fingerprint density at radius 2 is 1.60 bits per heavy atom. The van der Waals surface area contributed by atoms with E-state index in [9.17, 15) is 34.8 Å². The van der Waals surface area contributed by atoms with Gasteiger partial charge < -0.3 is 5.73 Å². The van der Waals surface area contributed by atoms with Gasteiger partial charge in [-0.25, -0.2) is 12.8 Å². The standard InChI is InChI=1S/C15H19F6NO2S/c16-12-4-2-11(3-5-12)10-13(6-8-22)25(23,24)9-1-7-14(17,18)15(19,20)21/h2-5,13H,1,6-10,22H2. The molecule has 10 heteroatoms. The molecule has 0 spiro atoms. The van der Waals surface area contributed by atoms with Crippen LogP contribution < -0.4 is 5.73 Å². The zero-order chi connectivity index (χ0) is 19.3. The molecule has 0 saturated carbocycles. The van der Waals surface area contributed by atoms with Crippen molar-refractivity contribution < 1.29 is 34.8 Å². The van der Waals surface area contributed by atoms with Crippen molar-refractivity contribution in [1.82, 2.24) is 0 Å². The van der Waals surface area contributed by atoms with Crippen molar-refractivity contribution in [3.8, 4) is 0 Å². The van der Waals surface area contributed by atoms with Gasteiger partial charge in [0.2, 0.25) is 0 Å². The second-order valence-electron chi connectivity index (χ2n) is 5.70. The molecule has 1 unspecified atom stereocenters. The van der Waals surface area contributed by atoms with Gasteiger partial charge >= 0.3 is 12.1 Å². The first kappa shape index (κ1) is 21.8. The number of benzene rings is 1. The van der Waals surface area contributed by atoms with Gasteiger partial charge in [0.05, 0.1) is 11.0 Å². The molecule has 0 aliphatic rings. The van der Waals surface area contributed by atoms with Crippen LogP contribution >= 0.6 is 0 Å². The van der Waals surface area contributed by atoms with Crippen molar-refractivity contribution in [1.29, 1.82) is 0 Å². The van der Waals surface area contributed by atoms with Crippen LogP contribution in [0.3, 0.4) is 0 Å². The maximum absolute atomic E-state index is 12.9. The van der Waals surface area contributed by atoms with E-state index < -0.39 is 51.6 Å². The molecule has 0 heterocycles. The normalized spacial score (nSPS) is 14.5. The second-order valence-corrected chi connectivity index (χ2v) is 8.10. The Morgan fingerprint density at radius 3 is 2.08 bits per heavy atom. The molecular formula is C15H19F6NO2S. The highest BCUT2D eigenvalue weighted by Crippen LogP contribution is 2.39. The highest BCUT2D eigenvalue weighted by Gasteiger charge is 2.56. The van der Waals surface area contributed by atoms with Crippen LogP contribution in [0, 0.1) is 5.82 Å². The van der Waals surface area contributed by atoms with Crippen molar-refractivity contribution in [2.75, 3.05) is 12.3 Å². The van der Waals surface area contributed by atoms with Gasteiger partial charge in [-0.05, 0) is 43.5 Å². The van der Waals surface area contributed by atoms with Crippen LogP contribution in [-0.2, 0) is 16.3 Å². The minimum Gasteiger partial charge on any atom is -0.330 e. The smallest absolute Gasteiger partial charge is 0.330 e. The number of sulfone groups is 1. The molecule has 1 aromatic carbocycles. The van der Waals surface area contributed by atoms with Gasteiger partial charge in [0.15, 0.2) is 9.84 Å². The Morgan fingerprint density at radius 1 is 1.04 bits per heavy atom. The average Bonchev–Trinajstić information content (AvgIpc) is 2.47. The molecule has 0 radical (unpaired) electrons. The lowest BCUT2D eigenvalue weighted by Gasteiger charge is -2.21. The van der Waals surface area contributed by atoms with Crippen molar-refractivity contribution in [2.45, 2.75) is 43.0 Å². The summed E-state index contributed by atoms with van der Waals surface area (Å²) < 4.78 is 99.5. The molecule has 0 fully saturated rings. The summed E-state index contributed by atoms with van der Waals surface area (Å²) in [6, 6.07) is 5.05. The average molecular weight is 391 g/mol. The molecule has 0 aliphatic heterocycles. The van der Waals surface area contributed by atoms with E-state index in [2.05, 4.69) is 0 Å². The van der Waals surface area contributed by atoms with Crippen LogP contribution in [-0.4, -0.2) is 38.1 Å². The Hall–Kier alpha value is -1.29. The van der Waals surface area contributed by atoms with Gasteiger partial charge in [-0.1, -0.05) is 12.1 Å². The summed E-state index contributed by atoms with van der Waals surface area (Å²) in [6.07, 6.45) is -8.12. The summed E-state index contributed by atoms with van der Waals surface area (Å²) in [5.74, 6) is -6.23. The summed E-state index contributed by atoms with van der Waals surface area (Å²) in [5, 5.41) is -1.03. The number of nitrogens with two attached hydrogens (primary N) is 1. The Bertz CT molecular complexity index is 643. The largest absolute Gasteiger partial charge is 0.453 e. The fraction of sp³-hybridized carbons (Fsp3) is 0.600. The lowest BCUT2D eigenvalue weighted by molar-refractivity contribution is -0.284. The second kappa shape index (κ2) is 8.39. The van der Waals surface area contributed by atoms with E-state index in [0.717, 1.165) is 12.1 Å². The van der Waals surface area contributed by atoms with Gasteiger partial charge in [-0.2, -0.15) is 22.0 Å². The molecular weight excluding hydrogens is 372 g/mol. The summed E-state index contributed by atoms with van der Waals surface area (Å²) in [7, 11) is -3.94. The molecule has 0 aliphatic carbocycles. The van der Waals surface area contributed by atoms with E-state index in [0.29, 0.717) is 5.56 Å². The topological polar surface area (TPSA) is 60.2 Å². The summed E-state index contributed by atoms with van der Waals surface area (Å²) in [6.45, 7) is 0.00377. The lowest BCUT2D eigenvalue weighted by Crippen LogP contribution is -2.37. The van der Waals surface area contributed by atoms with E-state index in [1.165, 1.54) is 12.1 Å². The van der Waals surface area contributed by atoms with Crippen molar-refractivity contribution in [3.05, 3.63) is 35.6 Å². The Balaban J connectivity index is 2.75. The first-order valence-electron chi connectivity index (χ1n) is 7.49. The molecule has 1 aromatic rings. The number of alkyl halides is 5. The quantitative estimate of drug-likeness (QED) is 0.656. The van der Waals surface area contributed by atoms with E-state index in [-0.39, 0.29) is 19.4 Å². The van der Waals surface area contributed by atoms with E-state index in [1.54, 1.807) is 0 Å². The zero-order valence-corrected chi connectivity index (χ0v) is 14.0. The molecule has 1 rings (SSSR count). The molecule has 0 aromatic heterocycles. The van der Waals surface area contributed by atoms with Gasteiger partial charge in [0, 0.05) is 6.42 Å². The van der Waals surface area contributed by atoms with Crippen LogP contribution in [0.25, 0.3) is 0 Å². The zero-order valence-electron chi connectivity index (χ0n) is 13.2. The molecule has 0 saturated heterocycles. The van der Waals surface area contributed by atoms with Crippen molar-refractivity contribution >= 4 is 9.84 Å². The first-order valence-corrected chi connectivity index (χ1v) is 9.21. The van der Waals surface area contributed by atoms with Gasteiger partial charge in [0.1, 0.15) is 5.82 Å². The molecule has 0 amide bonds. The SMILES string of the molecule is NCCC(Cc1ccc(F)cc1)S(=O)(=O)CCCC(F)(F)C(F)(F)F. The van der Waals surface area contributed by atoms with E-state index in [4.69, 9.17) is 5.73 Å². The number of hydrogen-bond donors (Lipinski definition) is 1. The van der Waals surface area contributed by atoms with Gasteiger partial charge in [0.25, 0.3) is 0 Å². The maximum Gasteiger partial charge on any atom is 0.453 e. The summed E-state index contributed by atoms with van der Waals surface area (Å²) in [4.78, 5) is 0. The molecule has 0 bridgehead atoms. The van der Waals surface area contributed by atoms with E-state index in [1.807, 2.05) is 0 Å². The van der Waals surface area contributed by atoms with Crippen LogP contribution in [0.5, 0.6) is 0 Å². The number of hydrogen-bond acceptors (Lipinski definition) is 3. The Kier molecular flexibility index (Phi) is 7.30. The van der Waals surface area contributed by atoms with E-state index >= 15 is 0 Å². The lowest BCUT2D eigenvalue weighted by atomic mass is 10.1. The molecule has 3 nitrogen and oxygen atoms in total. The third-order valence-corrected chi connectivity index (χ3v) is 5.98. The van der Waals surface area contributed by atoms with Crippen molar-refractivity contribution in [2.24, 2.45) is 5.73 Å². The summed E-state index contributed by atoms with van der Waals surface area (Å²) >= 11 is 0. The van der Waals surface area contributed by atoms with Crippen LogP contribution in [0.4, 0.5) is 26.3 Å². The van der Waals surface area contributed by atoms with Crippen LogP contribution in [0.2, 0.25) is 0 Å². The van der Waals surface area contributed by atoms with Crippen LogP contribution in [0.15, 0.2) is 24.3 Å². The maximum atomic E-state index is 12.9. The minimum absolute atomic E-state index is 0.00377. The number of halogens is 6. The fourth-order valence-corrected chi connectivity index (χ4v) is 4.10. The fourth-order valence-electron chi connectivity index (χ4n) is 2.28. The Labute approximate surface area is 142 Å². The monoisotopic (exact) mass is 391 g/mol. The molecule has 1 atom stereocenters. The highest BCUT2D eigenvalue weighted by molar-refractivity contribution is 7.92. The molecule has 144 valence electrons.